The molecule has 2 nitrogen and oxygen atoms in total. The second-order valence-electron chi connectivity index (χ2n) is 6.95. The van der Waals surface area contributed by atoms with Crippen LogP contribution >= 0.6 is 0 Å². The van der Waals surface area contributed by atoms with Crippen LogP contribution in [0.25, 0.3) is 22.3 Å². The smallest absolute Gasteiger partial charge is 0.336 e. The minimum atomic E-state index is -0.887. The van der Waals surface area contributed by atoms with Gasteiger partial charge in [-0.3, -0.25) is 0 Å². The van der Waals surface area contributed by atoms with Crippen LogP contribution in [0.5, 0.6) is 0 Å². The molecule has 0 unspecified atom stereocenters. The van der Waals surface area contributed by atoms with Crippen LogP contribution in [0.15, 0.2) is 66.7 Å². The Morgan fingerprint density at radius 3 is 2.12 bits per heavy atom. The van der Waals surface area contributed by atoms with Crippen molar-refractivity contribution in [3.05, 3.63) is 83.4 Å². The molecule has 0 fully saturated rings. The van der Waals surface area contributed by atoms with Crippen molar-refractivity contribution in [3.8, 4) is 22.3 Å². The Morgan fingerprint density at radius 2 is 1.42 bits per heavy atom. The van der Waals surface area contributed by atoms with Crippen molar-refractivity contribution < 1.29 is 9.90 Å². The van der Waals surface area contributed by atoms with E-state index < -0.39 is 5.97 Å². The van der Waals surface area contributed by atoms with E-state index in [1.807, 2.05) is 12.1 Å². The number of fused-ring (bicyclic) bond motifs is 3. The van der Waals surface area contributed by atoms with Gasteiger partial charge in [-0.2, -0.15) is 0 Å². The topological polar surface area (TPSA) is 37.3 Å². The highest BCUT2D eigenvalue weighted by molar-refractivity contribution is 5.96. The predicted octanol–water partition coefficient (Wildman–Crippen LogP) is 6.14. The summed E-state index contributed by atoms with van der Waals surface area (Å²) in [5, 5.41) is 9.56. The quantitative estimate of drug-likeness (QED) is 0.618. The Hall–Kier alpha value is -2.87. The van der Waals surface area contributed by atoms with Gasteiger partial charge in [-0.05, 0) is 58.4 Å². The summed E-state index contributed by atoms with van der Waals surface area (Å²) < 4.78 is 0. The van der Waals surface area contributed by atoms with Crippen molar-refractivity contribution in [2.45, 2.75) is 32.1 Å². The van der Waals surface area contributed by atoms with Crippen LogP contribution in [0.2, 0.25) is 0 Å². The normalized spacial score (nSPS) is 13.9. The Balaban J connectivity index is 1.97. The summed E-state index contributed by atoms with van der Waals surface area (Å²) in [7, 11) is 0. The van der Waals surface area contributed by atoms with Gasteiger partial charge in [0.05, 0.1) is 5.56 Å². The fraction of sp³-hybridized carbons (Fsp3) is 0.208. The molecule has 0 aliphatic heterocycles. The summed E-state index contributed by atoms with van der Waals surface area (Å²) in [5.41, 5.74) is 7.40. The molecule has 0 saturated carbocycles. The molecule has 0 aromatic heterocycles. The van der Waals surface area contributed by atoms with Crippen molar-refractivity contribution in [3.63, 3.8) is 0 Å². The van der Waals surface area contributed by atoms with Crippen LogP contribution < -0.4 is 0 Å². The molecule has 1 N–H and O–H groups in total. The third-order valence-electron chi connectivity index (χ3n) is 5.94. The molecule has 130 valence electrons. The maximum Gasteiger partial charge on any atom is 0.336 e. The number of aromatic carboxylic acids is 1. The lowest BCUT2D eigenvalue weighted by Crippen LogP contribution is -2.23. The molecule has 1 aliphatic carbocycles. The van der Waals surface area contributed by atoms with Crippen LogP contribution in [-0.2, 0) is 5.41 Å². The van der Waals surface area contributed by atoms with E-state index in [1.54, 1.807) is 12.1 Å². The van der Waals surface area contributed by atoms with E-state index in [9.17, 15) is 9.90 Å². The Morgan fingerprint density at radius 1 is 0.808 bits per heavy atom. The van der Waals surface area contributed by atoms with E-state index in [-0.39, 0.29) is 5.41 Å². The number of carbonyl (C=O) groups is 1. The van der Waals surface area contributed by atoms with Crippen LogP contribution in [-0.4, -0.2) is 11.1 Å². The van der Waals surface area contributed by atoms with Gasteiger partial charge < -0.3 is 5.11 Å². The Labute approximate surface area is 154 Å². The summed E-state index contributed by atoms with van der Waals surface area (Å²) >= 11 is 0. The van der Waals surface area contributed by atoms with E-state index in [1.165, 1.54) is 22.3 Å². The Kier molecular flexibility index (Phi) is 3.91. The lowest BCUT2D eigenvalue weighted by Gasteiger charge is -2.30. The summed E-state index contributed by atoms with van der Waals surface area (Å²) in [6.07, 6.45) is 2.05. The predicted molar refractivity (Wildman–Crippen MR) is 106 cm³/mol. The summed E-state index contributed by atoms with van der Waals surface area (Å²) in [6.45, 7) is 4.49. The van der Waals surface area contributed by atoms with E-state index in [4.69, 9.17) is 0 Å². The van der Waals surface area contributed by atoms with E-state index in [0.29, 0.717) is 5.56 Å². The number of carboxylic acids is 1. The molecular weight excluding hydrogens is 320 g/mol. The van der Waals surface area contributed by atoms with E-state index in [0.717, 1.165) is 24.0 Å². The van der Waals surface area contributed by atoms with Gasteiger partial charge in [-0.1, -0.05) is 68.4 Å². The molecule has 0 atom stereocenters. The molecular formula is C24H22O2. The molecule has 26 heavy (non-hydrogen) atoms. The fourth-order valence-electron chi connectivity index (χ4n) is 4.56. The number of benzene rings is 3. The van der Waals surface area contributed by atoms with Gasteiger partial charge in [0.15, 0.2) is 0 Å². The second-order valence-corrected chi connectivity index (χ2v) is 6.95. The fourth-order valence-corrected chi connectivity index (χ4v) is 4.56. The molecule has 0 spiro atoms. The minimum absolute atomic E-state index is 0.000103. The number of hydrogen-bond acceptors (Lipinski definition) is 1. The maximum absolute atomic E-state index is 11.6. The highest BCUT2D eigenvalue weighted by Gasteiger charge is 2.40. The molecule has 3 aromatic carbocycles. The average molecular weight is 342 g/mol. The zero-order valence-electron chi connectivity index (χ0n) is 15.1. The molecule has 0 bridgehead atoms. The highest BCUT2D eigenvalue weighted by Crippen LogP contribution is 2.53. The van der Waals surface area contributed by atoms with Gasteiger partial charge >= 0.3 is 5.97 Å². The first-order chi connectivity index (χ1) is 12.6. The number of rotatable bonds is 4. The van der Waals surface area contributed by atoms with Gasteiger partial charge in [-0.25, -0.2) is 4.79 Å². The molecule has 0 amide bonds. The van der Waals surface area contributed by atoms with Crippen molar-refractivity contribution >= 4 is 5.97 Å². The summed E-state index contributed by atoms with van der Waals surface area (Å²) in [5.74, 6) is -0.887. The SMILES string of the molecule is CCC1(CC)c2ccccc2-c2ccc(-c3ccccc3C(=O)O)cc21. The van der Waals surface area contributed by atoms with E-state index >= 15 is 0 Å². The monoisotopic (exact) mass is 342 g/mol. The van der Waals surface area contributed by atoms with Crippen molar-refractivity contribution in [1.82, 2.24) is 0 Å². The average Bonchev–Trinajstić information content (AvgIpc) is 2.97. The number of carboxylic acid groups (broad SMARTS) is 1. The Bertz CT molecular complexity index is 997. The minimum Gasteiger partial charge on any atom is -0.478 e. The van der Waals surface area contributed by atoms with Crippen molar-refractivity contribution in [1.29, 1.82) is 0 Å². The van der Waals surface area contributed by atoms with Gasteiger partial charge in [0.1, 0.15) is 0 Å². The first kappa shape index (κ1) is 16.6. The van der Waals surface area contributed by atoms with Crippen LogP contribution in [0, 0.1) is 0 Å². The first-order valence-electron chi connectivity index (χ1n) is 9.19. The number of hydrogen-bond donors (Lipinski definition) is 1. The molecule has 2 heteroatoms. The van der Waals surface area contributed by atoms with Crippen molar-refractivity contribution in [2.24, 2.45) is 0 Å². The van der Waals surface area contributed by atoms with Gasteiger partial charge in [0.2, 0.25) is 0 Å². The lowest BCUT2D eigenvalue weighted by atomic mass is 9.73. The van der Waals surface area contributed by atoms with Gasteiger partial charge in [0, 0.05) is 5.41 Å². The lowest BCUT2D eigenvalue weighted by molar-refractivity contribution is 0.0697. The summed E-state index contributed by atoms with van der Waals surface area (Å²) in [4.78, 5) is 11.6. The van der Waals surface area contributed by atoms with Gasteiger partial charge in [0.25, 0.3) is 0 Å². The van der Waals surface area contributed by atoms with E-state index in [2.05, 4.69) is 56.3 Å². The third kappa shape index (κ3) is 2.22. The molecule has 4 rings (SSSR count). The summed E-state index contributed by atoms with van der Waals surface area (Å²) in [6, 6.07) is 22.3. The third-order valence-corrected chi connectivity index (χ3v) is 5.94. The molecule has 0 saturated heterocycles. The highest BCUT2D eigenvalue weighted by atomic mass is 16.4. The second kappa shape index (κ2) is 6.14. The molecule has 3 aromatic rings. The van der Waals surface area contributed by atoms with Crippen LogP contribution in [0.3, 0.4) is 0 Å². The molecule has 1 aliphatic rings. The zero-order valence-corrected chi connectivity index (χ0v) is 15.1. The van der Waals surface area contributed by atoms with Crippen molar-refractivity contribution in [2.75, 3.05) is 0 Å². The zero-order chi connectivity index (χ0) is 18.3. The molecule has 0 radical (unpaired) electrons. The van der Waals surface area contributed by atoms with Crippen LogP contribution in [0.4, 0.5) is 0 Å². The standard InChI is InChI=1S/C24H22O2/c1-3-24(4-2)21-12-8-7-10-18(21)19-14-13-16(15-22(19)24)17-9-5-6-11-20(17)23(25)26/h5-15H,3-4H2,1-2H3,(H,25,26). The van der Waals surface area contributed by atoms with Crippen LogP contribution in [0.1, 0.15) is 48.2 Å². The maximum atomic E-state index is 11.6. The first-order valence-corrected chi connectivity index (χ1v) is 9.19. The molecule has 0 heterocycles. The van der Waals surface area contributed by atoms with Gasteiger partial charge in [-0.15, -0.1) is 0 Å². The largest absolute Gasteiger partial charge is 0.478 e.